The van der Waals surface area contributed by atoms with Crippen LogP contribution in [0.1, 0.15) is 26.2 Å². The number of carbonyl (C=O) groups is 1. The molecule has 1 aliphatic heterocycles. The van der Waals surface area contributed by atoms with E-state index in [4.69, 9.17) is 14.2 Å². The molecule has 2 rings (SSSR count). The lowest BCUT2D eigenvalue weighted by Gasteiger charge is -2.28. The number of rotatable bonds is 4. The van der Waals surface area contributed by atoms with Crippen molar-refractivity contribution in [3.05, 3.63) is 30.3 Å². The summed E-state index contributed by atoms with van der Waals surface area (Å²) in [6.07, 6.45) is 1.54. The molecule has 0 radical (unpaired) electrons. The van der Waals surface area contributed by atoms with Crippen molar-refractivity contribution in [2.75, 3.05) is 6.61 Å². The second-order valence-corrected chi connectivity index (χ2v) is 4.17. The van der Waals surface area contributed by atoms with Crippen molar-refractivity contribution in [1.82, 2.24) is 0 Å². The molecule has 4 heteroatoms. The molecule has 0 aliphatic carbocycles. The molecule has 1 heterocycles. The van der Waals surface area contributed by atoms with Crippen molar-refractivity contribution in [3.63, 3.8) is 0 Å². The van der Waals surface area contributed by atoms with Crippen LogP contribution in [0.15, 0.2) is 30.3 Å². The van der Waals surface area contributed by atoms with Gasteiger partial charge in [0, 0.05) is 6.42 Å². The Kier molecular flexibility index (Phi) is 4.59. The maximum absolute atomic E-state index is 11.6. The molecule has 1 aromatic rings. The molecule has 18 heavy (non-hydrogen) atoms. The maximum Gasteiger partial charge on any atom is 0.335 e. The van der Waals surface area contributed by atoms with Gasteiger partial charge in [-0.25, -0.2) is 4.79 Å². The topological polar surface area (TPSA) is 44.8 Å². The molecule has 0 bridgehead atoms. The van der Waals surface area contributed by atoms with Crippen LogP contribution in [0.2, 0.25) is 0 Å². The number of ether oxygens (including phenoxy) is 3. The van der Waals surface area contributed by atoms with Gasteiger partial charge in [0.15, 0.2) is 6.10 Å². The van der Waals surface area contributed by atoms with E-state index < -0.39 is 6.10 Å². The fourth-order valence-corrected chi connectivity index (χ4v) is 1.94. The van der Waals surface area contributed by atoms with Crippen LogP contribution in [0.25, 0.3) is 0 Å². The first-order valence-electron chi connectivity index (χ1n) is 6.33. The van der Waals surface area contributed by atoms with E-state index in [9.17, 15) is 4.79 Å². The molecule has 0 saturated carbocycles. The lowest BCUT2D eigenvalue weighted by molar-refractivity contribution is -0.185. The smallest absolute Gasteiger partial charge is 0.335 e. The Morgan fingerprint density at radius 2 is 2.11 bits per heavy atom. The van der Waals surface area contributed by atoms with Crippen LogP contribution in [0, 0.1) is 0 Å². The van der Waals surface area contributed by atoms with Gasteiger partial charge in [-0.05, 0) is 31.9 Å². The van der Waals surface area contributed by atoms with E-state index in [1.807, 2.05) is 30.3 Å². The van der Waals surface area contributed by atoms with Crippen LogP contribution >= 0.6 is 0 Å². The summed E-state index contributed by atoms with van der Waals surface area (Å²) in [6.45, 7) is 2.17. The zero-order chi connectivity index (χ0) is 12.8. The quantitative estimate of drug-likeness (QED) is 0.770. The van der Waals surface area contributed by atoms with E-state index in [2.05, 4.69) is 0 Å². The first kappa shape index (κ1) is 12.9. The van der Waals surface area contributed by atoms with Crippen LogP contribution < -0.4 is 4.74 Å². The van der Waals surface area contributed by atoms with Gasteiger partial charge in [0.25, 0.3) is 0 Å². The third kappa shape index (κ3) is 3.47. The van der Waals surface area contributed by atoms with Crippen molar-refractivity contribution in [1.29, 1.82) is 0 Å². The Bertz CT molecular complexity index is 377. The van der Waals surface area contributed by atoms with Gasteiger partial charge >= 0.3 is 5.97 Å². The molecule has 1 aliphatic rings. The maximum atomic E-state index is 11.6. The Balaban J connectivity index is 1.89. The number of hydrogen-bond donors (Lipinski definition) is 0. The third-order valence-corrected chi connectivity index (χ3v) is 2.78. The fourth-order valence-electron chi connectivity index (χ4n) is 1.94. The number of para-hydroxylation sites is 1. The Hall–Kier alpha value is -1.55. The van der Waals surface area contributed by atoms with Gasteiger partial charge in [0.1, 0.15) is 5.75 Å². The zero-order valence-electron chi connectivity index (χ0n) is 10.5. The fraction of sp³-hybridized carbons (Fsp3) is 0.500. The third-order valence-electron chi connectivity index (χ3n) is 2.78. The molecule has 0 aromatic heterocycles. The summed E-state index contributed by atoms with van der Waals surface area (Å²) in [6, 6.07) is 9.48. The molecule has 1 aromatic carbocycles. The molecule has 0 amide bonds. The van der Waals surface area contributed by atoms with Crippen molar-refractivity contribution in [2.24, 2.45) is 0 Å². The highest BCUT2D eigenvalue weighted by Crippen LogP contribution is 2.23. The van der Waals surface area contributed by atoms with E-state index in [1.165, 1.54) is 0 Å². The molecule has 2 atom stereocenters. The van der Waals surface area contributed by atoms with Crippen molar-refractivity contribution < 1.29 is 19.0 Å². The van der Waals surface area contributed by atoms with E-state index in [1.54, 1.807) is 6.92 Å². The highest BCUT2D eigenvalue weighted by Gasteiger charge is 2.29. The Morgan fingerprint density at radius 1 is 1.33 bits per heavy atom. The molecule has 98 valence electrons. The first-order valence-corrected chi connectivity index (χ1v) is 6.33. The SMILES string of the molecule is CCOC(=O)C1CCCC(Oc2ccccc2)O1. The predicted molar refractivity (Wildman–Crippen MR) is 66.2 cm³/mol. The van der Waals surface area contributed by atoms with E-state index >= 15 is 0 Å². The van der Waals surface area contributed by atoms with Gasteiger partial charge < -0.3 is 14.2 Å². The van der Waals surface area contributed by atoms with Crippen molar-refractivity contribution in [3.8, 4) is 5.75 Å². The lowest BCUT2D eigenvalue weighted by atomic mass is 10.1. The first-order chi connectivity index (χ1) is 8.79. The van der Waals surface area contributed by atoms with Gasteiger partial charge in [-0.3, -0.25) is 0 Å². The second-order valence-electron chi connectivity index (χ2n) is 4.17. The number of benzene rings is 1. The number of hydrogen-bond acceptors (Lipinski definition) is 4. The predicted octanol–water partition coefficient (Wildman–Crippen LogP) is 2.52. The average Bonchev–Trinajstić information content (AvgIpc) is 2.40. The van der Waals surface area contributed by atoms with Crippen LogP contribution in [0.5, 0.6) is 5.75 Å². The minimum atomic E-state index is -0.493. The average molecular weight is 250 g/mol. The van der Waals surface area contributed by atoms with Crippen LogP contribution in [-0.4, -0.2) is 25.0 Å². The standard InChI is InChI=1S/C14H18O4/c1-2-16-14(15)12-9-6-10-13(18-12)17-11-7-4-3-5-8-11/h3-5,7-8,12-13H,2,6,9-10H2,1H3. The summed E-state index contributed by atoms with van der Waals surface area (Å²) in [4.78, 5) is 11.6. The Morgan fingerprint density at radius 3 is 2.83 bits per heavy atom. The van der Waals surface area contributed by atoms with E-state index in [0.717, 1.165) is 18.6 Å². The minimum absolute atomic E-state index is 0.293. The summed E-state index contributed by atoms with van der Waals surface area (Å²) in [5.41, 5.74) is 0. The summed E-state index contributed by atoms with van der Waals surface area (Å²) in [5, 5.41) is 0. The minimum Gasteiger partial charge on any atom is -0.465 e. The number of esters is 1. The van der Waals surface area contributed by atoms with Gasteiger partial charge in [0.2, 0.25) is 6.29 Å². The molecule has 0 spiro atoms. The molecule has 1 fully saturated rings. The number of carbonyl (C=O) groups excluding carboxylic acids is 1. The van der Waals surface area contributed by atoms with Gasteiger partial charge in [0.05, 0.1) is 6.61 Å². The molecule has 4 nitrogen and oxygen atoms in total. The highest BCUT2D eigenvalue weighted by molar-refractivity contribution is 5.74. The normalized spacial score (nSPS) is 23.4. The zero-order valence-corrected chi connectivity index (χ0v) is 10.5. The molecular formula is C14H18O4. The van der Waals surface area contributed by atoms with Crippen molar-refractivity contribution in [2.45, 2.75) is 38.6 Å². The summed E-state index contributed by atoms with van der Waals surface area (Å²) >= 11 is 0. The van der Waals surface area contributed by atoms with Crippen molar-refractivity contribution >= 4 is 5.97 Å². The van der Waals surface area contributed by atoms with Crippen LogP contribution in [0.4, 0.5) is 0 Å². The highest BCUT2D eigenvalue weighted by atomic mass is 16.7. The lowest BCUT2D eigenvalue weighted by Crippen LogP contribution is -2.37. The van der Waals surface area contributed by atoms with Crippen LogP contribution in [0.3, 0.4) is 0 Å². The molecule has 1 saturated heterocycles. The molecule has 2 unspecified atom stereocenters. The monoisotopic (exact) mass is 250 g/mol. The van der Waals surface area contributed by atoms with Crippen LogP contribution in [-0.2, 0) is 14.3 Å². The summed E-state index contributed by atoms with van der Waals surface area (Å²) < 4.78 is 16.3. The molecular weight excluding hydrogens is 232 g/mol. The Labute approximate surface area is 107 Å². The van der Waals surface area contributed by atoms with E-state index in [-0.39, 0.29) is 12.3 Å². The van der Waals surface area contributed by atoms with E-state index in [0.29, 0.717) is 13.0 Å². The second kappa shape index (κ2) is 6.40. The molecule has 0 N–H and O–H groups in total. The van der Waals surface area contributed by atoms with Gasteiger partial charge in [-0.1, -0.05) is 18.2 Å². The largest absolute Gasteiger partial charge is 0.465 e. The van der Waals surface area contributed by atoms with Gasteiger partial charge in [-0.2, -0.15) is 0 Å². The summed E-state index contributed by atoms with van der Waals surface area (Å²) in [7, 11) is 0. The summed E-state index contributed by atoms with van der Waals surface area (Å²) in [5.74, 6) is 0.464. The van der Waals surface area contributed by atoms with Gasteiger partial charge in [-0.15, -0.1) is 0 Å².